The molecule has 1 aromatic carbocycles. The van der Waals surface area contributed by atoms with Crippen molar-refractivity contribution in [2.24, 2.45) is 5.73 Å². The Hall–Kier alpha value is -3.02. The highest BCUT2D eigenvalue weighted by Gasteiger charge is 2.26. The van der Waals surface area contributed by atoms with Crippen LogP contribution in [0.1, 0.15) is 11.7 Å². The molecule has 158 valence electrons. The number of rotatable bonds is 5. The van der Waals surface area contributed by atoms with Crippen LogP contribution in [0.3, 0.4) is 0 Å². The van der Waals surface area contributed by atoms with Gasteiger partial charge in [0.1, 0.15) is 18.0 Å². The standard InChI is InChI=1S/C19H24N8O2S/c1-30(28,29)15-4-2-13(3-5-15)18(21)26-6-8-27(9-7-26)19-16(14-10-24-25-11-14)17(20)22-12-23-19/h2-5,10-12,18H,6-9,21H2,1H3,(H,24,25)(H2,20,22,23). The SMILES string of the molecule is CS(=O)(=O)c1ccc(C(N)N2CCN(c3ncnc(N)c3-c3cn[nH]c3)CC2)cc1. The number of nitrogen functional groups attached to an aromatic ring is 1. The molecular weight excluding hydrogens is 404 g/mol. The maximum atomic E-state index is 11.7. The van der Waals surface area contributed by atoms with Crippen molar-refractivity contribution in [2.45, 2.75) is 11.1 Å². The number of anilines is 2. The molecule has 30 heavy (non-hydrogen) atoms. The molecule has 0 aliphatic carbocycles. The molecule has 1 fully saturated rings. The van der Waals surface area contributed by atoms with E-state index >= 15 is 0 Å². The number of nitrogens with two attached hydrogens (primary N) is 2. The van der Waals surface area contributed by atoms with E-state index in [1.165, 1.54) is 12.6 Å². The quantitative estimate of drug-likeness (QED) is 0.532. The van der Waals surface area contributed by atoms with Crippen LogP contribution < -0.4 is 16.4 Å². The summed E-state index contributed by atoms with van der Waals surface area (Å²) in [5, 5.41) is 6.80. The molecule has 0 radical (unpaired) electrons. The van der Waals surface area contributed by atoms with Gasteiger partial charge in [0.2, 0.25) is 0 Å². The van der Waals surface area contributed by atoms with Crippen LogP contribution in [0, 0.1) is 0 Å². The lowest BCUT2D eigenvalue weighted by Gasteiger charge is -2.39. The van der Waals surface area contributed by atoms with Crippen LogP contribution in [0.2, 0.25) is 0 Å². The van der Waals surface area contributed by atoms with Gasteiger partial charge in [-0.2, -0.15) is 5.10 Å². The third-order valence-corrected chi connectivity index (χ3v) is 6.43. The summed E-state index contributed by atoms with van der Waals surface area (Å²) >= 11 is 0. The van der Waals surface area contributed by atoms with E-state index in [0.717, 1.165) is 48.7 Å². The number of nitrogens with zero attached hydrogens (tertiary/aromatic N) is 5. The third-order valence-electron chi connectivity index (χ3n) is 5.30. The van der Waals surface area contributed by atoms with Crippen molar-refractivity contribution >= 4 is 21.5 Å². The van der Waals surface area contributed by atoms with Gasteiger partial charge in [0.15, 0.2) is 9.84 Å². The number of hydrogen-bond donors (Lipinski definition) is 3. The van der Waals surface area contributed by atoms with Crippen LogP contribution in [0.25, 0.3) is 11.1 Å². The Morgan fingerprint density at radius 3 is 2.40 bits per heavy atom. The Balaban J connectivity index is 1.48. The summed E-state index contributed by atoms with van der Waals surface area (Å²) in [5.41, 5.74) is 15.0. The van der Waals surface area contributed by atoms with Crippen molar-refractivity contribution in [1.29, 1.82) is 0 Å². The molecule has 10 nitrogen and oxygen atoms in total. The second kappa shape index (κ2) is 8.01. The van der Waals surface area contributed by atoms with E-state index in [1.807, 2.05) is 0 Å². The van der Waals surface area contributed by atoms with E-state index in [4.69, 9.17) is 11.5 Å². The molecule has 11 heteroatoms. The number of aromatic amines is 1. The van der Waals surface area contributed by atoms with E-state index in [9.17, 15) is 8.42 Å². The second-order valence-electron chi connectivity index (χ2n) is 7.25. The Kier molecular flexibility index (Phi) is 5.41. The highest BCUT2D eigenvalue weighted by Crippen LogP contribution is 2.33. The molecule has 0 spiro atoms. The molecule has 3 aromatic rings. The molecule has 3 heterocycles. The smallest absolute Gasteiger partial charge is 0.175 e. The zero-order valence-electron chi connectivity index (χ0n) is 16.6. The van der Waals surface area contributed by atoms with Crippen LogP contribution in [0.4, 0.5) is 11.6 Å². The Labute approximate surface area is 174 Å². The monoisotopic (exact) mass is 428 g/mol. The van der Waals surface area contributed by atoms with E-state index in [0.29, 0.717) is 5.82 Å². The first-order chi connectivity index (χ1) is 14.3. The molecule has 2 aromatic heterocycles. The van der Waals surface area contributed by atoms with E-state index in [1.54, 1.807) is 36.7 Å². The second-order valence-corrected chi connectivity index (χ2v) is 9.27. The van der Waals surface area contributed by atoms with Gasteiger partial charge in [-0.05, 0) is 17.7 Å². The first-order valence-corrected chi connectivity index (χ1v) is 11.4. The third kappa shape index (κ3) is 3.99. The van der Waals surface area contributed by atoms with E-state index in [2.05, 4.69) is 30.0 Å². The molecular formula is C19H24N8O2S. The first kappa shape index (κ1) is 20.3. The minimum atomic E-state index is -3.22. The van der Waals surface area contributed by atoms with Gasteiger partial charge in [-0.25, -0.2) is 18.4 Å². The molecule has 5 N–H and O–H groups in total. The normalized spacial score (nSPS) is 16.5. The molecule has 1 unspecified atom stereocenters. The number of H-pyrrole nitrogens is 1. The Morgan fingerprint density at radius 1 is 1.10 bits per heavy atom. The topological polar surface area (TPSA) is 147 Å². The molecule has 1 aliphatic rings. The number of aromatic nitrogens is 4. The van der Waals surface area contributed by atoms with Crippen LogP contribution in [-0.2, 0) is 9.84 Å². The number of piperazine rings is 1. The van der Waals surface area contributed by atoms with Gasteiger partial charge in [-0.1, -0.05) is 12.1 Å². The number of benzene rings is 1. The lowest BCUT2D eigenvalue weighted by atomic mass is 10.1. The van der Waals surface area contributed by atoms with Gasteiger partial charge in [0.25, 0.3) is 0 Å². The summed E-state index contributed by atoms with van der Waals surface area (Å²) in [5.74, 6) is 1.18. The first-order valence-electron chi connectivity index (χ1n) is 9.49. The van der Waals surface area contributed by atoms with Crippen molar-refractivity contribution < 1.29 is 8.42 Å². The maximum Gasteiger partial charge on any atom is 0.175 e. The number of hydrogen-bond acceptors (Lipinski definition) is 9. The molecule has 0 saturated carbocycles. The van der Waals surface area contributed by atoms with Crippen molar-refractivity contribution in [3.05, 3.63) is 48.5 Å². The number of nitrogens with one attached hydrogen (secondary N) is 1. The predicted molar refractivity (Wildman–Crippen MR) is 114 cm³/mol. The van der Waals surface area contributed by atoms with Crippen molar-refractivity contribution in [1.82, 2.24) is 25.1 Å². The molecule has 0 bridgehead atoms. The average molecular weight is 429 g/mol. The maximum absolute atomic E-state index is 11.7. The lowest BCUT2D eigenvalue weighted by molar-refractivity contribution is 0.189. The van der Waals surface area contributed by atoms with Crippen LogP contribution in [0.15, 0.2) is 47.9 Å². The molecule has 1 atom stereocenters. The average Bonchev–Trinajstić information content (AvgIpc) is 3.27. The fraction of sp³-hybridized carbons (Fsp3) is 0.316. The van der Waals surface area contributed by atoms with E-state index < -0.39 is 9.84 Å². The van der Waals surface area contributed by atoms with Gasteiger partial charge in [-0.3, -0.25) is 10.00 Å². The van der Waals surface area contributed by atoms with Crippen molar-refractivity contribution in [3.8, 4) is 11.1 Å². The minimum Gasteiger partial charge on any atom is -0.383 e. The van der Waals surface area contributed by atoms with Gasteiger partial charge in [-0.15, -0.1) is 0 Å². The predicted octanol–water partition coefficient (Wildman–Crippen LogP) is 0.632. The molecule has 1 saturated heterocycles. The molecule has 0 amide bonds. The summed E-state index contributed by atoms with van der Waals surface area (Å²) in [4.78, 5) is 13.2. The van der Waals surface area contributed by atoms with Gasteiger partial charge in [0, 0.05) is 44.2 Å². The van der Waals surface area contributed by atoms with Gasteiger partial charge >= 0.3 is 0 Å². The minimum absolute atomic E-state index is 0.288. The lowest BCUT2D eigenvalue weighted by Crippen LogP contribution is -2.50. The fourth-order valence-corrected chi connectivity index (χ4v) is 4.26. The highest BCUT2D eigenvalue weighted by atomic mass is 32.2. The fourth-order valence-electron chi connectivity index (χ4n) is 3.63. The molecule has 4 rings (SSSR count). The van der Waals surface area contributed by atoms with Crippen LogP contribution >= 0.6 is 0 Å². The highest BCUT2D eigenvalue weighted by molar-refractivity contribution is 7.90. The zero-order chi connectivity index (χ0) is 21.3. The molecule has 1 aliphatic heterocycles. The Bertz CT molecular complexity index is 1110. The number of sulfone groups is 1. The Morgan fingerprint density at radius 2 is 1.80 bits per heavy atom. The summed E-state index contributed by atoms with van der Waals surface area (Å²) in [6.45, 7) is 2.89. The zero-order valence-corrected chi connectivity index (χ0v) is 17.4. The van der Waals surface area contributed by atoms with Gasteiger partial charge < -0.3 is 16.4 Å². The van der Waals surface area contributed by atoms with Gasteiger partial charge in [0.05, 0.1) is 22.8 Å². The van der Waals surface area contributed by atoms with Crippen molar-refractivity contribution in [2.75, 3.05) is 43.1 Å². The van der Waals surface area contributed by atoms with Crippen molar-refractivity contribution in [3.63, 3.8) is 0 Å². The summed E-state index contributed by atoms with van der Waals surface area (Å²) in [7, 11) is -3.22. The summed E-state index contributed by atoms with van der Waals surface area (Å²) < 4.78 is 23.3. The van der Waals surface area contributed by atoms with Crippen LogP contribution in [-0.4, -0.2) is 65.9 Å². The van der Waals surface area contributed by atoms with E-state index in [-0.39, 0.29) is 11.1 Å². The summed E-state index contributed by atoms with van der Waals surface area (Å²) in [6, 6.07) is 6.74. The van der Waals surface area contributed by atoms with Crippen LogP contribution in [0.5, 0.6) is 0 Å². The summed E-state index contributed by atoms with van der Waals surface area (Å²) in [6.07, 6.45) is 5.81. The largest absolute Gasteiger partial charge is 0.383 e.